The molecule has 0 unspecified atom stereocenters. The Balaban J connectivity index is 1.64. The van der Waals surface area contributed by atoms with Crippen LogP contribution in [0.15, 0.2) is 115 Å². The summed E-state index contributed by atoms with van der Waals surface area (Å²) in [7, 11) is 0. The van der Waals surface area contributed by atoms with Gasteiger partial charge in [-0.1, -0.05) is 107 Å². The summed E-state index contributed by atoms with van der Waals surface area (Å²) < 4.78 is 5.07. The van der Waals surface area contributed by atoms with E-state index in [0.29, 0.717) is 0 Å². The van der Waals surface area contributed by atoms with Crippen LogP contribution in [0, 0.1) is 6.92 Å². The molecular formula is C63H94N6+2. The van der Waals surface area contributed by atoms with Crippen LogP contribution in [0.3, 0.4) is 0 Å². The van der Waals surface area contributed by atoms with E-state index >= 15 is 0 Å². The molecule has 0 spiro atoms. The molecule has 0 N–H and O–H groups in total. The van der Waals surface area contributed by atoms with E-state index in [-0.39, 0.29) is 0 Å². The molecule has 6 nitrogen and oxygen atoms in total. The van der Waals surface area contributed by atoms with Crippen LogP contribution < -0.4 is 24.2 Å². The molecule has 0 atom stereocenters. The largest absolute Gasteiger partial charge is 0.372 e. The first-order chi connectivity index (χ1) is 33.8. The van der Waals surface area contributed by atoms with Crippen molar-refractivity contribution < 1.29 is 4.58 Å². The number of unbranched alkanes of at least 4 members (excludes halogenated alkanes) is 8. The van der Waals surface area contributed by atoms with Gasteiger partial charge in [-0.25, -0.2) is 4.58 Å². The Morgan fingerprint density at radius 2 is 0.667 bits per heavy atom. The lowest BCUT2D eigenvalue weighted by Crippen LogP contribution is -2.26. The Labute approximate surface area is 422 Å². The molecule has 0 saturated heterocycles. The molecule has 1 aliphatic rings. The predicted octanol–water partition coefficient (Wildman–Crippen LogP) is 17.1. The average molecular weight is 935 g/mol. The number of anilines is 6. The Bertz CT molecular complexity index is 2080. The van der Waals surface area contributed by atoms with Crippen LogP contribution in [0.1, 0.15) is 164 Å². The molecule has 1 aliphatic carbocycles. The van der Waals surface area contributed by atoms with E-state index in [2.05, 4.69) is 206 Å². The van der Waals surface area contributed by atoms with E-state index in [1.165, 1.54) is 160 Å². The Morgan fingerprint density at radius 1 is 0.348 bits per heavy atom. The summed E-state index contributed by atoms with van der Waals surface area (Å²) in [5.74, 6) is 0. The molecule has 5 rings (SSSR count). The van der Waals surface area contributed by atoms with Crippen LogP contribution >= 0.6 is 0 Å². The van der Waals surface area contributed by atoms with Crippen molar-refractivity contribution in [3.8, 4) is 0 Å². The standard InChI is InChI=1S/C63H94N6/c1-10-18-44-64(45-19-11-2)54-26-34-58(35-27-54)68(59-36-28-55(29-37-59)65(46-20-12-3)47-21-13-4)62-42-43-63(53(9)52-62)69(60-38-30-56(31-39-60)66(48-22-14-5)49-23-15-6)61-40-32-57(33-41-61)67(50-24-16-7)51-25-17-8/h26-43,52H,10-25,44-51H2,1-9H3/q+2. The fourth-order valence-electron chi connectivity index (χ4n) is 9.43. The molecule has 0 saturated carbocycles. The Hall–Kier alpha value is -5.10. The number of hydrogen-bond donors (Lipinski definition) is 0. The van der Waals surface area contributed by atoms with Gasteiger partial charge in [-0.2, -0.15) is 4.58 Å². The highest BCUT2D eigenvalue weighted by molar-refractivity contribution is 6.18. The number of nitrogens with zero attached hydrogens (tertiary/aromatic N) is 6. The van der Waals surface area contributed by atoms with Crippen LogP contribution in [-0.4, -0.2) is 68.4 Å². The van der Waals surface area contributed by atoms with Gasteiger partial charge in [0.15, 0.2) is 5.71 Å². The molecule has 69 heavy (non-hydrogen) atoms. The molecule has 6 heteroatoms. The van der Waals surface area contributed by atoms with Gasteiger partial charge in [0.2, 0.25) is 17.1 Å². The first kappa shape index (κ1) is 54.8. The van der Waals surface area contributed by atoms with Crippen molar-refractivity contribution in [3.63, 3.8) is 0 Å². The van der Waals surface area contributed by atoms with Crippen molar-refractivity contribution in [2.45, 2.75) is 165 Å². The quantitative estimate of drug-likeness (QED) is 0.0359. The van der Waals surface area contributed by atoms with Crippen molar-refractivity contribution in [1.29, 1.82) is 0 Å². The fraction of sp³-hybridized carbons (Fsp3) is 0.524. The summed E-state index contributed by atoms with van der Waals surface area (Å²) in [6, 6.07) is 35.3. The molecule has 374 valence electrons. The van der Waals surface area contributed by atoms with Gasteiger partial charge >= 0.3 is 0 Å². The minimum absolute atomic E-state index is 1.10. The normalized spacial score (nSPS) is 12.2. The summed E-state index contributed by atoms with van der Waals surface area (Å²) in [6.07, 6.45) is 28.7. The zero-order valence-electron chi connectivity index (χ0n) is 45.1. The first-order valence-corrected chi connectivity index (χ1v) is 27.9. The SMILES string of the molecule is CCCCN(CCCC)c1ccc(N(c2ccc(N(CCCC)CCCC)cc2)c2ccc([N+](=C3C=CC(=[N+](CCCC)CCCC)C=C3)c3ccc(N(CCCC)CCCC)cc3)c(C)c2)cc1. The van der Waals surface area contributed by atoms with Crippen LogP contribution in [0.25, 0.3) is 0 Å². The zero-order valence-corrected chi connectivity index (χ0v) is 45.1. The second kappa shape index (κ2) is 30.5. The van der Waals surface area contributed by atoms with Crippen LogP contribution in [0.4, 0.5) is 45.5 Å². The van der Waals surface area contributed by atoms with E-state index in [1.807, 2.05) is 0 Å². The topological polar surface area (TPSA) is 19.0 Å². The summed E-state index contributed by atoms with van der Waals surface area (Å²) in [6.45, 7) is 29.5. The van der Waals surface area contributed by atoms with Crippen molar-refractivity contribution in [1.82, 2.24) is 4.58 Å². The summed E-state index contributed by atoms with van der Waals surface area (Å²) in [4.78, 5) is 10.2. The fourth-order valence-corrected chi connectivity index (χ4v) is 9.43. The van der Waals surface area contributed by atoms with Gasteiger partial charge in [-0.15, -0.1) is 0 Å². The van der Waals surface area contributed by atoms with Gasteiger partial charge < -0.3 is 19.6 Å². The van der Waals surface area contributed by atoms with Gasteiger partial charge in [0.05, 0.1) is 0 Å². The summed E-state index contributed by atoms with van der Waals surface area (Å²) in [5.41, 5.74) is 13.5. The number of benzene rings is 4. The van der Waals surface area contributed by atoms with Crippen molar-refractivity contribution in [2.75, 3.05) is 72.0 Å². The number of hydrogen-bond acceptors (Lipinski definition) is 4. The summed E-state index contributed by atoms with van der Waals surface area (Å²) >= 11 is 0. The lowest BCUT2D eigenvalue weighted by molar-refractivity contribution is -0.527. The van der Waals surface area contributed by atoms with Gasteiger partial charge in [0.1, 0.15) is 13.1 Å². The van der Waals surface area contributed by atoms with E-state index < -0.39 is 0 Å². The highest BCUT2D eigenvalue weighted by Gasteiger charge is 2.25. The van der Waals surface area contributed by atoms with Gasteiger partial charge in [-0.05, 0) is 118 Å². The number of allylic oxidation sites excluding steroid dienone is 4. The minimum atomic E-state index is 1.10. The smallest absolute Gasteiger partial charge is 0.214 e. The lowest BCUT2D eigenvalue weighted by Gasteiger charge is -2.29. The van der Waals surface area contributed by atoms with Crippen LogP contribution in [0.5, 0.6) is 0 Å². The molecule has 0 aliphatic heterocycles. The average Bonchev–Trinajstić information content (AvgIpc) is 3.38. The molecule has 0 aromatic heterocycles. The molecule has 4 aromatic rings. The maximum atomic E-state index is 2.59. The third-order valence-corrected chi connectivity index (χ3v) is 13.8. The van der Waals surface area contributed by atoms with E-state index in [0.717, 1.165) is 58.0 Å². The third-order valence-electron chi connectivity index (χ3n) is 13.8. The molecule has 4 aromatic carbocycles. The zero-order chi connectivity index (χ0) is 49.2. The highest BCUT2D eigenvalue weighted by atomic mass is 15.2. The van der Waals surface area contributed by atoms with Gasteiger partial charge in [0.25, 0.3) is 0 Å². The second-order valence-electron chi connectivity index (χ2n) is 19.5. The Morgan fingerprint density at radius 3 is 1.01 bits per heavy atom. The molecule has 0 fully saturated rings. The molecule has 0 heterocycles. The van der Waals surface area contributed by atoms with Crippen LogP contribution in [0.2, 0.25) is 0 Å². The maximum Gasteiger partial charge on any atom is 0.214 e. The number of aryl methyl sites for hydroxylation is 1. The van der Waals surface area contributed by atoms with E-state index in [9.17, 15) is 0 Å². The molecule has 0 amide bonds. The molecular weight excluding hydrogens is 841 g/mol. The molecule has 0 radical (unpaired) electrons. The van der Waals surface area contributed by atoms with Crippen LogP contribution in [-0.2, 0) is 0 Å². The van der Waals surface area contributed by atoms with Crippen molar-refractivity contribution in [3.05, 3.63) is 121 Å². The Kier molecular flexibility index (Phi) is 24.2. The first-order valence-electron chi connectivity index (χ1n) is 27.9. The second-order valence-corrected chi connectivity index (χ2v) is 19.5. The molecule has 0 bridgehead atoms. The summed E-state index contributed by atoms with van der Waals surface area (Å²) in [5, 5.41) is 0. The van der Waals surface area contributed by atoms with E-state index in [1.54, 1.807) is 0 Å². The van der Waals surface area contributed by atoms with Gasteiger partial charge in [-0.3, -0.25) is 0 Å². The third kappa shape index (κ3) is 16.2. The van der Waals surface area contributed by atoms with Gasteiger partial charge in [0, 0.05) is 134 Å². The highest BCUT2D eigenvalue weighted by Crippen LogP contribution is 2.39. The monoisotopic (exact) mass is 935 g/mol. The van der Waals surface area contributed by atoms with Crippen molar-refractivity contribution >= 4 is 56.9 Å². The van der Waals surface area contributed by atoms with Crippen molar-refractivity contribution in [2.24, 2.45) is 0 Å². The predicted molar refractivity (Wildman–Crippen MR) is 308 cm³/mol. The minimum Gasteiger partial charge on any atom is -0.372 e. The maximum absolute atomic E-state index is 2.59. The number of rotatable bonds is 32. The van der Waals surface area contributed by atoms with E-state index in [4.69, 9.17) is 0 Å². The lowest BCUT2D eigenvalue weighted by atomic mass is 10.1.